The molecule has 0 spiro atoms. The average Bonchev–Trinajstić information content (AvgIpc) is 2.63. The lowest BCUT2D eigenvalue weighted by atomic mass is 10.2. The van der Waals surface area contributed by atoms with E-state index in [1.165, 1.54) is 12.1 Å². The molecule has 1 heterocycles. The molecule has 2 aromatic rings. The molecular formula is C11H13FN4. The monoisotopic (exact) mass is 220 g/mol. The SMILES string of the molecule is Cc1cc(F)ccc1NCc1ncn(C)n1. The summed E-state index contributed by atoms with van der Waals surface area (Å²) in [6.07, 6.45) is 1.65. The molecule has 0 saturated carbocycles. The first kappa shape index (κ1) is 10.6. The fourth-order valence-electron chi connectivity index (χ4n) is 1.46. The quantitative estimate of drug-likeness (QED) is 0.858. The first-order chi connectivity index (χ1) is 7.65. The van der Waals surface area contributed by atoms with E-state index in [1.54, 1.807) is 17.1 Å². The molecule has 0 amide bonds. The largest absolute Gasteiger partial charge is 0.377 e. The standard InChI is InChI=1S/C11H13FN4/c1-8-5-9(12)3-4-10(8)13-6-11-14-7-16(2)15-11/h3-5,7,13H,6H2,1-2H3. The van der Waals surface area contributed by atoms with Crippen LogP contribution in [-0.2, 0) is 13.6 Å². The molecule has 1 aromatic heterocycles. The van der Waals surface area contributed by atoms with Gasteiger partial charge in [-0.3, -0.25) is 4.68 Å². The first-order valence-electron chi connectivity index (χ1n) is 4.99. The normalized spacial score (nSPS) is 10.4. The first-order valence-corrected chi connectivity index (χ1v) is 4.99. The van der Waals surface area contributed by atoms with Crippen molar-refractivity contribution in [3.8, 4) is 0 Å². The lowest BCUT2D eigenvalue weighted by Gasteiger charge is -2.07. The van der Waals surface area contributed by atoms with Crippen LogP contribution in [0.3, 0.4) is 0 Å². The van der Waals surface area contributed by atoms with E-state index < -0.39 is 0 Å². The smallest absolute Gasteiger partial charge is 0.169 e. The summed E-state index contributed by atoms with van der Waals surface area (Å²) < 4.78 is 14.5. The second kappa shape index (κ2) is 4.30. The van der Waals surface area contributed by atoms with Crippen molar-refractivity contribution < 1.29 is 4.39 Å². The number of aryl methyl sites for hydroxylation is 2. The summed E-state index contributed by atoms with van der Waals surface area (Å²) in [5.41, 5.74) is 1.77. The van der Waals surface area contributed by atoms with Crippen LogP contribution < -0.4 is 5.32 Å². The van der Waals surface area contributed by atoms with Crippen LogP contribution in [0.1, 0.15) is 11.4 Å². The number of nitrogens with zero attached hydrogens (tertiary/aromatic N) is 3. The maximum Gasteiger partial charge on any atom is 0.169 e. The van der Waals surface area contributed by atoms with Gasteiger partial charge in [0.1, 0.15) is 12.1 Å². The molecule has 0 aliphatic carbocycles. The number of anilines is 1. The van der Waals surface area contributed by atoms with E-state index in [9.17, 15) is 4.39 Å². The fourth-order valence-corrected chi connectivity index (χ4v) is 1.46. The zero-order chi connectivity index (χ0) is 11.5. The Labute approximate surface area is 93.1 Å². The van der Waals surface area contributed by atoms with Gasteiger partial charge in [0.15, 0.2) is 5.82 Å². The van der Waals surface area contributed by atoms with Crippen molar-refractivity contribution in [2.24, 2.45) is 7.05 Å². The van der Waals surface area contributed by atoms with E-state index in [1.807, 2.05) is 14.0 Å². The number of hydrogen-bond donors (Lipinski definition) is 1. The van der Waals surface area contributed by atoms with E-state index in [-0.39, 0.29) is 5.82 Å². The molecule has 0 atom stereocenters. The summed E-state index contributed by atoms with van der Waals surface area (Å²) in [4.78, 5) is 4.09. The predicted molar refractivity (Wildman–Crippen MR) is 59.5 cm³/mol. The Morgan fingerprint density at radius 2 is 2.25 bits per heavy atom. The third-order valence-electron chi connectivity index (χ3n) is 2.27. The van der Waals surface area contributed by atoms with E-state index in [2.05, 4.69) is 15.4 Å². The minimum absolute atomic E-state index is 0.223. The van der Waals surface area contributed by atoms with Gasteiger partial charge in [-0.2, -0.15) is 5.10 Å². The molecule has 0 fully saturated rings. The van der Waals surface area contributed by atoms with Crippen LogP contribution in [0, 0.1) is 12.7 Å². The molecule has 2 rings (SSSR count). The third-order valence-corrected chi connectivity index (χ3v) is 2.27. The van der Waals surface area contributed by atoms with Gasteiger partial charge in [-0.1, -0.05) is 0 Å². The van der Waals surface area contributed by atoms with Crippen LogP contribution in [0.15, 0.2) is 24.5 Å². The summed E-state index contributed by atoms with van der Waals surface area (Å²) in [6.45, 7) is 2.39. The highest BCUT2D eigenvalue weighted by molar-refractivity contribution is 5.50. The van der Waals surface area contributed by atoms with Gasteiger partial charge in [0.25, 0.3) is 0 Å². The van der Waals surface area contributed by atoms with Crippen molar-refractivity contribution in [2.45, 2.75) is 13.5 Å². The molecular weight excluding hydrogens is 207 g/mol. The minimum Gasteiger partial charge on any atom is -0.377 e. The van der Waals surface area contributed by atoms with Crippen molar-refractivity contribution >= 4 is 5.69 Å². The van der Waals surface area contributed by atoms with E-state index in [0.717, 1.165) is 11.3 Å². The maximum atomic E-state index is 12.9. The zero-order valence-electron chi connectivity index (χ0n) is 9.24. The highest BCUT2D eigenvalue weighted by Gasteiger charge is 2.02. The van der Waals surface area contributed by atoms with Gasteiger partial charge in [-0.25, -0.2) is 9.37 Å². The Balaban J connectivity index is 2.04. The highest BCUT2D eigenvalue weighted by Crippen LogP contribution is 2.15. The number of halogens is 1. The summed E-state index contributed by atoms with van der Waals surface area (Å²) in [7, 11) is 1.82. The fraction of sp³-hybridized carbons (Fsp3) is 0.273. The van der Waals surface area contributed by atoms with Crippen LogP contribution in [0.4, 0.5) is 10.1 Å². The maximum absolute atomic E-state index is 12.9. The van der Waals surface area contributed by atoms with Gasteiger partial charge in [0, 0.05) is 12.7 Å². The number of benzene rings is 1. The second-order valence-corrected chi connectivity index (χ2v) is 3.65. The summed E-state index contributed by atoms with van der Waals surface area (Å²) >= 11 is 0. The predicted octanol–water partition coefficient (Wildman–Crippen LogP) is 1.87. The Hall–Kier alpha value is -1.91. The average molecular weight is 220 g/mol. The lowest BCUT2D eigenvalue weighted by Crippen LogP contribution is -2.03. The van der Waals surface area contributed by atoms with Crippen LogP contribution >= 0.6 is 0 Å². The molecule has 0 saturated heterocycles. The van der Waals surface area contributed by atoms with E-state index in [0.29, 0.717) is 12.4 Å². The number of hydrogen-bond acceptors (Lipinski definition) is 3. The second-order valence-electron chi connectivity index (χ2n) is 3.65. The molecule has 4 nitrogen and oxygen atoms in total. The van der Waals surface area contributed by atoms with Gasteiger partial charge in [0.2, 0.25) is 0 Å². The summed E-state index contributed by atoms with van der Waals surface area (Å²) in [5.74, 6) is 0.491. The van der Waals surface area contributed by atoms with Gasteiger partial charge < -0.3 is 5.32 Å². The molecule has 1 aromatic carbocycles. The van der Waals surface area contributed by atoms with Crippen molar-refractivity contribution in [1.29, 1.82) is 0 Å². The number of nitrogens with one attached hydrogen (secondary N) is 1. The Bertz CT molecular complexity index is 492. The summed E-state index contributed by atoms with van der Waals surface area (Å²) in [6, 6.07) is 4.64. The van der Waals surface area contributed by atoms with E-state index in [4.69, 9.17) is 0 Å². The van der Waals surface area contributed by atoms with E-state index >= 15 is 0 Å². The van der Waals surface area contributed by atoms with Crippen molar-refractivity contribution in [3.05, 3.63) is 41.7 Å². The molecule has 1 N–H and O–H groups in total. The number of rotatable bonds is 3. The molecule has 5 heteroatoms. The minimum atomic E-state index is -0.223. The topological polar surface area (TPSA) is 42.7 Å². The third kappa shape index (κ3) is 2.36. The summed E-state index contributed by atoms with van der Waals surface area (Å²) in [5, 5.41) is 7.31. The van der Waals surface area contributed by atoms with Gasteiger partial charge in [-0.05, 0) is 30.7 Å². The van der Waals surface area contributed by atoms with Crippen molar-refractivity contribution in [1.82, 2.24) is 14.8 Å². The molecule has 0 aliphatic rings. The molecule has 0 aliphatic heterocycles. The Morgan fingerprint density at radius 3 is 2.88 bits per heavy atom. The van der Waals surface area contributed by atoms with Gasteiger partial charge in [0.05, 0.1) is 6.54 Å². The lowest BCUT2D eigenvalue weighted by molar-refractivity contribution is 0.627. The molecule has 16 heavy (non-hydrogen) atoms. The van der Waals surface area contributed by atoms with Crippen LogP contribution in [0.5, 0.6) is 0 Å². The van der Waals surface area contributed by atoms with Gasteiger partial charge in [-0.15, -0.1) is 0 Å². The van der Waals surface area contributed by atoms with Crippen LogP contribution in [-0.4, -0.2) is 14.8 Å². The molecule has 0 unspecified atom stereocenters. The Morgan fingerprint density at radius 1 is 1.44 bits per heavy atom. The molecule has 0 bridgehead atoms. The number of aromatic nitrogens is 3. The van der Waals surface area contributed by atoms with Crippen molar-refractivity contribution in [2.75, 3.05) is 5.32 Å². The molecule has 0 radical (unpaired) electrons. The van der Waals surface area contributed by atoms with Gasteiger partial charge >= 0.3 is 0 Å². The van der Waals surface area contributed by atoms with Crippen LogP contribution in [0.2, 0.25) is 0 Å². The van der Waals surface area contributed by atoms with Crippen molar-refractivity contribution in [3.63, 3.8) is 0 Å². The van der Waals surface area contributed by atoms with Crippen LogP contribution in [0.25, 0.3) is 0 Å². The highest BCUT2D eigenvalue weighted by atomic mass is 19.1. The molecule has 84 valence electrons. The zero-order valence-corrected chi connectivity index (χ0v) is 9.24. The Kier molecular flexibility index (Phi) is 2.85.